The van der Waals surface area contributed by atoms with Crippen LogP contribution in [0.1, 0.15) is 48.5 Å². The minimum absolute atomic E-state index is 0.136. The fourth-order valence-electron chi connectivity index (χ4n) is 3.27. The second-order valence-corrected chi connectivity index (χ2v) is 10.6. The van der Waals surface area contributed by atoms with Crippen molar-refractivity contribution in [2.45, 2.75) is 59.0 Å². The highest BCUT2D eigenvalue weighted by molar-refractivity contribution is 7.89. The summed E-state index contributed by atoms with van der Waals surface area (Å²) in [5.74, 6) is 0.825. The third-order valence-electron chi connectivity index (χ3n) is 4.30. The maximum absolute atomic E-state index is 13.3. The molecule has 0 aliphatic carbocycles. The van der Waals surface area contributed by atoms with E-state index in [0.717, 1.165) is 0 Å². The molecule has 0 N–H and O–H groups in total. The standard InChI is InChI=1S/C20H32N2O4S/c1-14(2)11-21(12-15(3)4)27(24,25)17-8-9-19-18(10-17)22(16(5)23)13-20(6,7)26-19/h8-10,14-15H,11-13H2,1-7H3. The van der Waals surface area contributed by atoms with Crippen LogP contribution in [-0.2, 0) is 14.8 Å². The first-order valence-electron chi connectivity index (χ1n) is 9.45. The van der Waals surface area contributed by atoms with Gasteiger partial charge in [-0.3, -0.25) is 4.79 Å². The number of fused-ring (bicyclic) bond motifs is 1. The van der Waals surface area contributed by atoms with Crippen molar-refractivity contribution in [2.75, 3.05) is 24.5 Å². The Kier molecular flexibility index (Phi) is 6.26. The Morgan fingerprint density at radius 1 is 1.19 bits per heavy atom. The van der Waals surface area contributed by atoms with Crippen LogP contribution in [0.4, 0.5) is 5.69 Å². The Morgan fingerprint density at radius 3 is 2.22 bits per heavy atom. The number of rotatable bonds is 6. The number of anilines is 1. The van der Waals surface area contributed by atoms with Gasteiger partial charge in [0.15, 0.2) is 0 Å². The van der Waals surface area contributed by atoms with Gasteiger partial charge < -0.3 is 9.64 Å². The molecule has 0 fully saturated rings. The Hall–Kier alpha value is -1.60. The van der Waals surface area contributed by atoms with E-state index in [-0.39, 0.29) is 22.6 Å². The van der Waals surface area contributed by atoms with Crippen LogP contribution in [0.25, 0.3) is 0 Å². The zero-order valence-electron chi connectivity index (χ0n) is 17.4. The molecule has 1 aliphatic rings. The minimum Gasteiger partial charge on any atom is -0.484 e. The fourth-order valence-corrected chi connectivity index (χ4v) is 5.05. The summed E-state index contributed by atoms with van der Waals surface area (Å²) in [6.45, 7) is 14.6. The molecule has 0 aromatic heterocycles. The van der Waals surface area contributed by atoms with E-state index >= 15 is 0 Å². The number of hydrogen-bond donors (Lipinski definition) is 0. The van der Waals surface area contributed by atoms with Gasteiger partial charge in [-0.25, -0.2) is 8.42 Å². The second kappa shape index (κ2) is 7.80. The average molecular weight is 397 g/mol. The lowest BCUT2D eigenvalue weighted by molar-refractivity contribution is -0.117. The molecule has 1 amide bonds. The van der Waals surface area contributed by atoms with E-state index in [1.807, 2.05) is 41.5 Å². The van der Waals surface area contributed by atoms with Gasteiger partial charge in [-0.15, -0.1) is 0 Å². The normalized spacial score (nSPS) is 16.6. The first-order valence-corrected chi connectivity index (χ1v) is 10.9. The molecule has 0 unspecified atom stereocenters. The Balaban J connectivity index is 2.50. The van der Waals surface area contributed by atoms with Gasteiger partial charge in [0, 0.05) is 20.0 Å². The number of carbonyl (C=O) groups is 1. The van der Waals surface area contributed by atoms with Crippen molar-refractivity contribution >= 4 is 21.6 Å². The monoisotopic (exact) mass is 396 g/mol. The van der Waals surface area contributed by atoms with Gasteiger partial charge in [-0.05, 0) is 43.9 Å². The van der Waals surface area contributed by atoms with Gasteiger partial charge >= 0.3 is 0 Å². The van der Waals surface area contributed by atoms with Crippen LogP contribution in [0.2, 0.25) is 0 Å². The molecule has 2 rings (SSSR count). The van der Waals surface area contributed by atoms with Crippen molar-refractivity contribution in [3.8, 4) is 5.75 Å². The fraction of sp³-hybridized carbons (Fsp3) is 0.650. The summed E-state index contributed by atoms with van der Waals surface area (Å²) >= 11 is 0. The average Bonchev–Trinajstić information content (AvgIpc) is 2.51. The molecule has 0 saturated carbocycles. The second-order valence-electron chi connectivity index (χ2n) is 8.71. The minimum atomic E-state index is -3.66. The SMILES string of the molecule is CC(=O)N1CC(C)(C)Oc2ccc(S(=O)(=O)N(CC(C)C)CC(C)C)cc21. The molecule has 1 aromatic carbocycles. The summed E-state index contributed by atoms with van der Waals surface area (Å²) in [7, 11) is -3.66. The molecule has 0 saturated heterocycles. The molecule has 1 aromatic rings. The van der Waals surface area contributed by atoms with Gasteiger partial charge in [0.2, 0.25) is 15.9 Å². The van der Waals surface area contributed by atoms with Gasteiger partial charge in [-0.1, -0.05) is 27.7 Å². The first-order chi connectivity index (χ1) is 12.3. The molecule has 0 bridgehead atoms. The lowest BCUT2D eigenvalue weighted by atomic mass is 10.1. The van der Waals surface area contributed by atoms with Gasteiger partial charge in [0.05, 0.1) is 17.1 Å². The number of benzene rings is 1. The lowest BCUT2D eigenvalue weighted by Gasteiger charge is -2.39. The number of sulfonamides is 1. The number of ether oxygens (including phenoxy) is 1. The number of hydrogen-bond acceptors (Lipinski definition) is 4. The molecule has 0 atom stereocenters. The Morgan fingerprint density at radius 2 is 1.74 bits per heavy atom. The number of carbonyl (C=O) groups excluding carboxylic acids is 1. The first kappa shape index (κ1) is 21.7. The van der Waals surface area contributed by atoms with E-state index in [9.17, 15) is 13.2 Å². The maximum atomic E-state index is 13.3. The van der Waals surface area contributed by atoms with Crippen molar-refractivity contribution in [1.82, 2.24) is 4.31 Å². The highest BCUT2D eigenvalue weighted by atomic mass is 32.2. The van der Waals surface area contributed by atoms with Crippen molar-refractivity contribution in [3.63, 3.8) is 0 Å². The van der Waals surface area contributed by atoms with Crippen LogP contribution < -0.4 is 9.64 Å². The molecule has 6 nitrogen and oxygen atoms in total. The zero-order chi connectivity index (χ0) is 20.6. The highest BCUT2D eigenvalue weighted by Crippen LogP contribution is 2.39. The summed E-state index contributed by atoms with van der Waals surface area (Å²) < 4.78 is 34.0. The zero-order valence-corrected chi connectivity index (χ0v) is 18.3. The third-order valence-corrected chi connectivity index (χ3v) is 6.13. The quantitative estimate of drug-likeness (QED) is 0.738. The van der Waals surface area contributed by atoms with Crippen molar-refractivity contribution in [2.24, 2.45) is 11.8 Å². The smallest absolute Gasteiger partial charge is 0.243 e. The summed E-state index contributed by atoms with van der Waals surface area (Å²) in [6.07, 6.45) is 0. The molecule has 0 spiro atoms. The molecule has 27 heavy (non-hydrogen) atoms. The molecule has 1 aliphatic heterocycles. The van der Waals surface area contributed by atoms with Crippen LogP contribution >= 0.6 is 0 Å². The van der Waals surface area contributed by atoms with Crippen LogP contribution in [0.5, 0.6) is 5.75 Å². The predicted octanol–water partition coefficient (Wildman–Crippen LogP) is 3.51. The van der Waals surface area contributed by atoms with Crippen molar-refractivity contribution in [1.29, 1.82) is 0 Å². The van der Waals surface area contributed by atoms with Gasteiger partial charge in [0.25, 0.3) is 0 Å². The summed E-state index contributed by atoms with van der Waals surface area (Å²) in [6, 6.07) is 4.79. The highest BCUT2D eigenvalue weighted by Gasteiger charge is 2.35. The van der Waals surface area contributed by atoms with Crippen LogP contribution in [0.15, 0.2) is 23.1 Å². The summed E-state index contributed by atoms with van der Waals surface area (Å²) in [5, 5.41) is 0. The van der Waals surface area contributed by atoms with Crippen LogP contribution in [0, 0.1) is 11.8 Å². The summed E-state index contributed by atoms with van der Waals surface area (Å²) in [4.78, 5) is 13.9. The predicted molar refractivity (Wildman–Crippen MR) is 108 cm³/mol. The van der Waals surface area contributed by atoms with E-state index < -0.39 is 15.6 Å². The molecule has 0 radical (unpaired) electrons. The topological polar surface area (TPSA) is 66.9 Å². The van der Waals surface area contributed by atoms with Gasteiger partial charge in [0.1, 0.15) is 11.4 Å². The molecule has 1 heterocycles. The Bertz CT molecular complexity index is 790. The van der Waals surface area contributed by atoms with E-state index in [4.69, 9.17) is 4.74 Å². The molecule has 7 heteroatoms. The summed E-state index contributed by atoms with van der Waals surface area (Å²) in [5.41, 5.74) is -0.0163. The van der Waals surface area contributed by atoms with Crippen LogP contribution in [-0.4, -0.2) is 43.9 Å². The van der Waals surface area contributed by atoms with E-state index in [1.165, 1.54) is 11.2 Å². The maximum Gasteiger partial charge on any atom is 0.243 e. The van der Waals surface area contributed by atoms with Crippen LogP contribution in [0.3, 0.4) is 0 Å². The molecule has 152 valence electrons. The van der Waals surface area contributed by atoms with E-state index in [2.05, 4.69) is 0 Å². The number of nitrogens with zero attached hydrogens (tertiary/aromatic N) is 2. The molecular weight excluding hydrogens is 364 g/mol. The van der Waals surface area contributed by atoms with E-state index in [0.29, 0.717) is 31.1 Å². The Labute approximate surface area is 163 Å². The number of amides is 1. The molecular formula is C20H32N2O4S. The third kappa shape index (κ3) is 5.02. The van der Waals surface area contributed by atoms with E-state index in [1.54, 1.807) is 23.1 Å². The van der Waals surface area contributed by atoms with Crippen molar-refractivity contribution in [3.05, 3.63) is 18.2 Å². The van der Waals surface area contributed by atoms with Crippen molar-refractivity contribution < 1.29 is 17.9 Å². The lowest BCUT2D eigenvalue weighted by Crippen LogP contribution is -2.48. The largest absolute Gasteiger partial charge is 0.484 e. The van der Waals surface area contributed by atoms with Gasteiger partial charge in [-0.2, -0.15) is 4.31 Å².